The summed E-state index contributed by atoms with van der Waals surface area (Å²) >= 11 is 0. The van der Waals surface area contributed by atoms with E-state index in [0.717, 1.165) is 16.7 Å². The number of ketones is 1. The Morgan fingerprint density at radius 1 is 1.04 bits per heavy atom. The molecule has 0 amide bonds. The van der Waals surface area contributed by atoms with Crippen molar-refractivity contribution in [3.63, 3.8) is 0 Å². The van der Waals surface area contributed by atoms with Gasteiger partial charge in [0.05, 0.1) is 18.9 Å². The second kappa shape index (κ2) is 7.44. The molecule has 0 aliphatic rings. The first-order valence-corrected chi connectivity index (χ1v) is 8.69. The molecule has 0 aliphatic heterocycles. The van der Waals surface area contributed by atoms with Gasteiger partial charge < -0.3 is 9.15 Å². The molecule has 0 bridgehead atoms. The smallest absolute Gasteiger partial charge is 0.229 e. The lowest BCUT2D eigenvalue weighted by atomic mass is 9.97. The maximum atomic E-state index is 11.7. The number of carbonyl (C=O) groups is 1. The monoisotopic (exact) mass is 371 g/mol. The molecular formula is C22H17N3O3. The highest BCUT2D eigenvalue weighted by atomic mass is 16.5. The first-order valence-electron chi connectivity index (χ1n) is 8.69. The second-order valence-corrected chi connectivity index (χ2v) is 6.17. The SMILES string of the molecule is COc1cccc(-c2nncc(-c3ccccc3)c2-c2nc(C(C)=O)co2)c1. The molecule has 0 saturated carbocycles. The van der Waals surface area contributed by atoms with Crippen molar-refractivity contribution >= 4 is 5.78 Å². The Morgan fingerprint density at radius 3 is 2.54 bits per heavy atom. The van der Waals surface area contributed by atoms with E-state index in [9.17, 15) is 4.79 Å². The fourth-order valence-corrected chi connectivity index (χ4v) is 2.96. The largest absolute Gasteiger partial charge is 0.497 e. The van der Waals surface area contributed by atoms with Crippen molar-refractivity contribution in [2.45, 2.75) is 6.92 Å². The number of rotatable bonds is 5. The maximum Gasteiger partial charge on any atom is 0.229 e. The lowest BCUT2D eigenvalue weighted by Gasteiger charge is -2.12. The van der Waals surface area contributed by atoms with Crippen LogP contribution in [0.1, 0.15) is 17.4 Å². The Morgan fingerprint density at radius 2 is 1.82 bits per heavy atom. The van der Waals surface area contributed by atoms with Crippen LogP contribution >= 0.6 is 0 Å². The zero-order valence-corrected chi connectivity index (χ0v) is 15.4. The first-order chi connectivity index (χ1) is 13.7. The summed E-state index contributed by atoms with van der Waals surface area (Å²) in [6.45, 7) is 1.45. The Kier molecular flexibility index (Phi) is 4.68. The van der Waals surface area contributed by atoms with Gasteiger partial charge in [-0.05, 0) is 17.7 Å². The number of ether oxygens (including phenoxy) is 1. The lowest BCUT2D eigenvalue weighted by molar-refractivity contribution is 0.101. The number of Topliss-reactive ketones (excluding diaryl/α,β-unsaturated/α-hetero) is 1. The summed E-state index contributed by atoms with van der Waals surface area (Å²) in [5.41, 5.74) is 4.09. The highest BCUT2D eigenvalue weighted by Crippen LogP contribution is 2.38. The van der Waals surface area contributed by atoms with Crippen LogP contribution in [0.5, 0.6) is 5.75 Å². The molecule has 28 heavy (non-hydrogen) atoms. The van der Waals surface area contributed by atoms with Crippen molar-refractivity contribution in [1.82, 2.24) is 15.2 Å². The van der Waals surface area contributed by atoms with E-state index in [-0.39, 0.29) is 11.5 Å². The minimum Gasteiger partial charge on any atom is -0.497 e. The highest BCUT2D eigenvalue weighted by Gasteiger charge is 2.21. The fourth-order valence-electron chi connectivity index (χ4n) is 2.96. The second-order valence-electron chi connectivity index (χ2n) is 6.17. The molecule has 6 heteroatoms. The third-order valence-corrected chi connectivity index (χ3v) is 4.36. The Bertz CT molecular complexity index is 1140. The van der Waals surface area contributed by atoms with Gasteiger partial charge in [-0.1, -0.05) is 42.5 Å². The number of benzene rings is 2. The van der Waals surface area contributed by atoms with Crippen LogP contribution in [0.4, 0.5) is 0 Å². The van der Waals surface area contributed by atoms with Gasteiger partial charge in [0.25, 0.3) is 0 Å². The third-order valence-electron chi connectivity index (χ3n) is 4.36. The average molecular weight is 371 g/mol. The quantitative estimate of drug-likeness (QED) is 0.474. The van der Waals surface area contributed by atoms with E-state index in [0.29, 0.717) is 22.9 Å². The number of carbonyl (C=O) groups excluding carboxylic acids is 1. The molecule has 0 N–H and O–H groups in total. The normalized spacial score (nSPS) is 10.6. The molecule has 4 rings (SSSR count). The Hall–Kier alpha value is -3.80. The number of aromatic nitrogens is 3. The van der Waals surface area contributed by atoms with E-state index in [2.05, 4.69) is 15.2 Å². The zero-order valence-electron chi connectivity index (χ0n) is 15.4. The summed E-state index contributed by atoms with van der Waals surface area (Å²) in [7, 11) is 1.61. The van der Waals surface area contributed by atoms with Crippen LogP contribution in [-0.2, 0) is 0 Å². The molecule has 0 saturated heterocycles. The molecule has 2 heterocycles. The molecule has 0 spiro atoms. The van der Waals surface area contributed by atoms with Crippen LogP contribution in [0.3, 0.4) is 0 Å². The fraction of sp³-hybridized carbons (Fsp3) is 0.0909. The van der Waals surface area contributed by atoms with E-state index in [1.807, 2.05) is 54.6 Å². The van der Waals surface area contributed by atoms with Crippen LogP contribution < -0.4 is 4.74 Å². The van der Waals surface area contributed by atoms with Crippen LogP contribution in [-0.4, -0.2) is 28.1 Å². The number of oxazole rings is 1. The number of nitrogens with zero attached hydrogens (tertiary/aromatic N) is 3. The highest BCUT2D eigenvalue weighted by molar-refractivity contribution is 5.94. The van der Waals surface area contributed by atoms with Crippen LogP contribution in [0.2, 0.25) is 0 Å². The number of methoxy groups -OCH3 is 1. The number of hydrogen-bond donors (Lipinski definition) is 0. The standard InChI is InChI=1S/C22H17N3O3/c1-14(26)19-13-28-22(24-19)20-18(15-7-4-3-5-8-15)12-23-25-21(20)16-9-6-10-17(11-16)27-2/h3-13H,1-2H3. The molecule has 0 atom stereocenters. The predicted molar refractivity (Wildman–Crippen MR) is 105 cm³/mol. The third kappa shape index (κ3) is 3.27. The van der Waals surface area contributed by atoms with Gasteiger partial charge in [-0.2, -0.15) is 5.10 Å². The minimum atomic E-state index is -0.166. The van der Waals surface area contributed by atoms with Crippen molar-refractivity contribution in [2.75, 3.05) is 7.11 Å². The topological polar surface area (TPSA) is 78.1 Å². The lowest BCUT2D eigenvalue weighted by Crippen LogP contribution is -1.98. The molecular weight excluding hydrogens is 354 g/mol. The van der Waals surface area contributed by atoms with Crippen molar-refractivity contribution < 1.29 is 13.9 Å². The molecule has 0 unspecified atom stereocenters. The van der Waals surface area contributed by atoms with E-state index in [1.54, 1.807) is 13.3 Å². The van der Waals surface area contributed by atoms with E-state index in [1.165, 1.54) is 13.2 Å². The van der Waals surface area contributed by atoms with Gasteiger partial charge in [0.2, 0.25) is 5.89 Å². The van der Waals surface area contributed by atoms with Crippen molar-refractivity contribution in [3.8, 4) is 39.6 Å². The Labute approximate surface area is 161 Å². The van der Waals surface area contributed by atoms with Crippen LogP contribution in [0.25, 0.3) is 33.8 Å². The van der Waals surface area contributed by atoms with Gasteiger partial charge in [-0.15, -0.1) is 5.10 Å². The molecule has 6 nitrogen and oxygen atoms in total. The molecule has 2 aromatic heterocycles. The average Bonchev–Trinajstić information content (AvgIpc) is 3.24. The van der Waals surface area contributed by atoms with Gasteiger partial charge in [0.15, 0.2) is 5.78 Å². The summed E-state index contributed by atoms with van der Waals surface area (Å²) < 4.78 is 11.0. The van der Waals surface area contributed by atoms with Crippen molar-refractivity contribution in [1.29, 1.82) is 0 Å². The molecule has 0 radical (unpaired) electrons. The number of hydrogen-bond acceptors (Lipinski definition) is 6. The summed E-state index contributed by atoms with van der Waals surface area (Å²) in [5, 5.41) is 8.54. The Balaban J connectivity index is 1.99. The van der Waals surface area contributed by atoms with E-state index >= 15 is 0 Å². The van der Waals surface area contributed by atoms with E-state index < -0.39 is 0 Å². The molecule has 0 fully saturated rings. The van der Waals surface area contributed by atoms with Crippen LogP contribution in [0.15, 0.2) is 71.5 Å². The molecule has 2 aromatic carbocycles. The summed E-state index contributed by atoms with van der Waals surface area (Å²) in [6.07, 6.45) is 3.04. The summed E-state index contributed by atoms with van der Waals surface area (Å²) in [6, 6.07) is 17.3. The van der Waals surface area contributed by atoms with Gasteiger partial charge >= 0.3 is 0 Å². The zero-order chi connectivity index (χ0) is 19.5. The maximum absolute atomic E-state index is 11.7. The van der Waals surface area contributed by atoms with Crippen molar-refractivity contribution in [2.24, 2.45) is 0 Å². The predicted octanol–water partition coefficient (Wildman–Crippen LogP) is 4.68. The van der Waals surface area contributed by atoms with Gasteiger partial charge in [-0.3, -0.25) is 4.79 Å². The minimum absolute atomic E-state index is 0.166. The molecule has 138 valence electrons. The van der Waals surface area contributed by atoms with Gasteiger partial charge in [0.1, 0.15) is 23.4 Å². The van der Waals surface area contributed by atoms with E-state index in [4.69, 9.17) is 9.15 Å². The summed E-state index contributed by atoms with van der Waals surface area (Å²) in [5.74, 6) is 0.852. The van der Waals surface area contributed by atoms with Gasteiger partial charge in [-0.25, -0.2) is 4.98 Å². The summed E-state index contributed by atoms with van der Waals surface area (Å²) in [4.78, 5) is 16.1. The van der Waals surface area contributed by atoms with Crippen LogP contribution in [0, 0.1) is 0 Å². The molecule has 4 aromatic rings. The van der Waals surface area contributed by atoms with Crippen molar-refractivity contribution in [3.05, 3.63) is 72.8 Å². The van der Waals surface area contributed by atoms with Gasteiger partial charge in [0, 0.05) is 18.1 Å². The molecule has 0 aliphatic carbocycles. The first kappa shape index (κ1) is 17.6.